The molecule has 0 bridgehead atoms. The summed E-state index contributed by atoms with van der Waals surface area (Å²) in [5, 5.41) is 2.81. The van der Waals surface area contributed by atoms with Gasteiger partial charge in [-0.2, -0.15) is 0 Å². The maximum atomic E-state index is 12.5. The molecule has 32 heavy (non-hydrogen) atoms. The van der Waals surface area contributed by atoms with E-state index in [0.29, 0.717) is 42.4 Å². The lowest BCUT2D eigenvalue weighted by Gasteiger charge is -2.31. The molecule has 7 nitrogen and oxygen atoms in total. The number of benzene rings is 2. The van der Waals surface area contributed by atoms with E-state index in [9.17, 15) is 18.0 Å². The van der Waals surface area contributed by atoms with Gasteiger partial charge in [-0.05, 0) is 36.6 Å². The van der Waals surface area contributed by atoms with Crippen LogP contribution in [0.3, 0.4) is 0 Å². The number of fused-ring (bicyclic) bond motifs is 1. The average molecular weight is 454 g/mol. The lowest BCUT2D eigenvalue weighted by atomic mass is 10.0. The minimum absolute atomic E-state index is 0.191. The smallest absolute Gasteiger partial charge is 0.493 e. The second kappa shape index (κ2) is 9.88. The van der Waals surface area contributed by atoms with Crippen LogP contribution in [-0.2, 0) is 11.2 Å². The minimum Gasteiger partial charge on any atom is -0.493 e. The molecule has 10 heteroatoms. The summed E-state index contributed by atoms with van der Waals surface area (Å²) in [4.78, 5) is 14.5. The molecule has 3 rings (SSSR count). The average Bonchev–Trinajstić information content (AvgIpc) is 2.75. The Balaban J connectivity index is 1.65. The molecule has 1 N–H and O–H groups in total. The summed E-state index contributed by atoms with van der Waals surface area (Å²) in [7, 11) is 4.47. The Bertz CT molecular complexity index is 940. The third-order valence-electron chi connectivity index (χ3n) is 5.06. The van der Waals surface area contributed by atoms with Gasteiger partial charge >= 0.3 is 6.36 Å². The zero-order chi connectivity index (χ0) is 23.3. The molecular weight excluding hydrogens is 429 g/mol. The summed E-state index contributed by atoms with van der Waals surface area (Å²) in [5.41, 5.74) is 2.08. The molecular formula is C22H25F3N2O5. The zero-order valence-electron chi connectivity index (χ0n) is 18.0. The molecule has 1 heterocycles. The van der Waals surface area contributed by atoms with Crippen LogP contribution in [0, 0.1) is 0 Å². The Labute approximate surface area is 184 Å². The van der Waals surface area contributed by atoms with Crippen LogP contribution in [0.15, 0.2) is 30.3 Å². The van der Waals surface area contributed by atoms with Crippen molar-refractivity contribution in [1.82, 2.24) is 0 Å². The first-order chi connectivity index (χ1) is 15.2. The molecule has 0 saturated heterocycles. The molecule has 2 aromatic rings. The van der Waals surface area contributed by atoms with Crippen LogP contribution < -0.4 is 29.2 Å². The van der Waals surface area contributed by atoms with Crippen molar-refractivity contribution >= 4 is 17.3 Å². The van der Waals surface area contributed by atoms with E-state index in [-0.39, 0.29) is 18.1 Å². The van der Waals surface area contributed by atoms with Crippen LogP contribution in [0.4, 0.5) is 24.5 Å². The number of anilines is 2. The summed E-state index contributed by atoms with van der Waals surface area (Å²) in [6.07, 6.45) is -3.11. The molecule has 0 atom stereocenters. The van der Waals surface area contributed by atoms with Crippen molar-refractivity contribution < 1.29 is 36.9 Å². The second-order valence-electron chi connectivity index (χ2n) is 7.14. The second-order valence-corrected chi connectivity index (χ2v) is 7.14. The largest absolute Gasteiger partial charge is 0.573 e. The van der Waals surface area contributed by atoms with Gasteiger partial charge < -0.3 is 29.2 Å². The van der Waals surface area contributed by atoms with Gasteiger partial charge in [-0.3, -0.25) is 4.79 Å². The number of amides is 1. The van der Waals surface area contributed by atoms with Crippen LogP contribution in [-0.4, -0.2) is 46.7 Å². The van der Waals surface area contributed by atoms with Gasteiger partial charge in [0.25, 0.3) is 0 Å². The number of carbonyl (C=O) groups is 1. The SMILES string of the molecule is COc1cc(NC(=O)CCN2CCCc3cc(OC(F)(F)F)ccc32)cc(OC)c1OC. The number of hydrogen-bond donors (Lipinski definition) is 1. The number of nitrogens with one attached hydrogen (secondary N) is 1. The van der Waals surface area contributed by atoms with Gasteiger partial charge in [0.05, 0.1) is 21.3 Å². The van der Waals surface area contributed by atoms with Crippen LogP contribution >= 0.6 is 0 Å². The van der Waals surface area contributed by atoms with Crippen LogP contribution in [0.5, 0.6) is 23.0 Å². The van der Waals surface area contributed by atoms with E-state index in [0.717, 1.165) is 17.7 Å². The fourth-order valence-corrected chi connectivity index (χ4v) is 3.69. The zero-order valence-corrected chi connectivity index (χ0v) is 18.0. The number of alkyl halides is 3. The van der Waals surface area contributed by atoms with Gasteiger partial charge in [-0.15, -0.1) is 13.2 Å². The minimum atomic E-state index is -4.73. The molecule has 0 fully saturated rings. The van der Waals surface area contributed by atoms with Crippen molar-refractivity contribution in [2.75, 3.05) is 44.6 Å². The van der Waals surface area contributed by atoms with Crippen molar-refractivity contribution in [1.29, 1.82) is 0 Å². The predicted octanol–water partition coefficient (Wildman–Crippen LogP) is 4.39. The molecule has 174 valence electrons. The summed E-state index contributed by atoms with van der Waals surface area (Å²) in [6, 6.07) is 7.58. The van der Waals surface area contributed by atoms with E-state index in [4.69, 9.17) is 14.2 Å². The third kappa shape index (κ3) is 5.68. The molecule has 2 aromatic carbocycles. The highest BCUT2D eigenvalue weighted by Gasteiger charge is 2.31. The van der Waals surface area contributed by atoms with Crippen LogP contribution in [0.2, 0.25) is 0 Å². The lowest BCUT2D eigenvalue weighted by Crippen LogP contribution is -2.32. The summed E-state index contributed by atoms with van der Waals surface area (Å²) < 4.78 is 57.3. The Hall–Kier alpha value is -3.30. The van der Waals surface area contributed by atoms with Crippen LogP contribution in [0.25, 0.3) is 0 Å². The first-order valence-corrected chi connectivity index (χ1v) is 9.97. The monoisotopic (exact) mass is 454 g/mol. The van der Waals surface area contributed by atoms with Crippen LogP contribution in [0.1, 0.15) is 18.4 Å². The van der Waals surface area contributed by atoms with Crippen molar-refractivity contribution in [3.8, 4) is 23.0 Å². The number of aryl methyl sites for hydroxylation is 1. The highest BCUT2D eigenvalue weighted by atomic mass is 19.4. The Morgan fingerprint density at radius 3 is 2.34 bits per heavy atom. The molecule has 0 unspecified atom stereocenters. The van der Waals surface area contributed by atoms with Gasteiger partial charge in [0.1, 0.15) is 5.75 Å². The number of carbonyl (C=O) groups excluding carboxylic acids is 1. The lowest BCUT2D eigenvalue weighted by molar-refractivity contribution is -0.274. The molecule has 1 aliphatic heterocycles. The number of rotatable bonds is 8. The maximum absolute atomic E-state index is 12.5. The fraction of sp³-hybridized carbons (Fsp3) is 0.409. The predicted molar refractivity (Wildman–Crippen MR) is 113 cm³/mol. The standard InChI is InChI=1S/C22H25F3N2O5/c1-29-18-12-15(13-19(30-2)21(18)31-3)26-20(28)8-10-27-9-4-5-14-11-16(6-7-17(14)27)32-22(23,24)25/h6-7,11-13H,4-5,8-10H2,1-3H3,(H,26,28). The summed E-state index contributed by atoms with van der Waals surface area (Å²) in [6.45, 7) is 1.13. The van der Waals surface area contributed by atoms with E-state index in [1.807, 2.05) is 4.90 Å². The number of halogens is 3. The fourth-order valence-electron chi connectivity index (χ4n) is 3.69. The quantitative estimate of drug-likeness (QED) is 0.638. The highest BCUT2D eigenvalue weighted by Crippen LogP contribution is 2.40. The first-order valence-electron chi connectivity index (χ1n) is 9.97. The first kappa shape index (κ1) is 23.4. The summed E-state index contributed by atoms with van der Waals surface area (Å²) >= 11 is 0. The molecule has 0 spiro atoms. The Morgan fingerprint density at radius 1 is 1.06 bits per heavy atom. The normalized spacial score (nSPS) is 13.2. The van der Waals surface area contributed by atoms with Crippen molar-refractivity contribution in [2.45, 2.75) is 25.6 Å². The van der Waals surface area contributed by atoms with Gasteiger partial charge in [0, 0.05) is 43.0 Å². The van der Waals surface area contributed by atoms with Gasteiger partial charge in [-0.1, -0.05) is 0 Å². The number of nitrogens with zero attached hydrogens (tertiary/aromatic N) is 1. The maximum Gasteiger partial charge on any atom is 0.573 e. The van der Waals surface area contributed by atoms with E-state index < -0.39 is 6.36 Å². The number of methoxy groups -OCH3 is 3. The van der Waals surface area contributed by atoms with Crippen molar-refractivity contribution in [2.24, 2.45) is 0 Å². The van der Waals surface area contributed by atoms with E-state index >= 15 is 0 Å². The highest BCUT2D eigenvalue weighted by molar-refractivity contribution is 5.92. The molecule has 0 saturated carbocycles. The van der Waals surface area contributed by atoms with Gasteiger partial charge in [0.2, 0.25) is 11.7 Å². The van der Waals surface area contributed by atoms with Crippen molar-refractivity contribution in [3.05, 3.63) is 35.9 Å². The molecule has 0 radical (unpaired) electrons. The van der Waals surface area contributed by atoms with Crippen molar-refractivity contribution in [3.63, 3.8) is 0 Å². The topological polar surface area (TPSA) is 69.3 Å². The molecule has 1 amide bonds. The third-order valence-corrected chi connectivity index (χ3v) is 5.06. The molecule has 0 aliphatic carbocycles. The number of ether oxygens (including phenoxy) is 4. The molecule has 0 aromatic heterocycles. The van der Waals surface area contributed by atoms with Gasteiger partial charge in [0.15, 0.2) is 11.5 Å². The number of hydrogen-bond acceptors (Lipinski definition) is 6. The summed E-state index contributed by atoms with van der Waals surface area (Å²) in [5.74, 6) is 0.807. The van der Waals surface area contributed by atoms with E-state index in [2.05, 4.69) is 10.1 Å². The molecule has 1 aliphatic rings. The van der Waals surface area contributed by atoms with Gasteiger partial charge in [-0.25, -0.2) is 0 Å². The Morgan fingerprint density at radius 2 is 1.75 bits per heavy atom. The van der Waals surface area contributed by atoms with E-state index in [1.54, 1.807) is 18.2 Å². The Kier molecular flexibility index (Phi) is 7.22. The van der Waals surface area contributed by atoms with E-state index in [1.165, 1.54) is 33.5 Å².